The Labute approximate surface area is 152 Å². The van der Waals surface area contributed by atoms with Gasteiger partial charge < -0.3 is 15.2 Å². The van der Waals surface area contributed by atoms with E-state index in [1.807, 2.05) is 0 Å². The normalized spacial score (nSPS) is 27.0. The highest BCUT2D eigenvalue weighted by Gasteiger charge is 2.52. The van der Waals surface area contributed by atoms with Crippen LogP contribution in [0.25, 0.3) is 0 Å². The molecule has 1 heterocycles. The Kier molecular flexibility index (Phi) is 5.58. The second-order valence-electron chi connectivity index (χ2n) is 7.37. The summed E-state index contributed by atoms with van der Waals surface area (Å²) >= 11 is 0. The lowest BCUT2D eigenvalue weighted by Crippen LogP contribution is -2.49. The first-order valence-electron chi connectivity index (χ1n) is 9.04. The molecular weight excluding hydrogens is 339 g/mol. The maximum atomic E-state index is 13.5. The molecule has 0 bridgehead atoms. The van der Waals surface area contributed by atoms with E-state index >= 15 is 0 Å². The maximum Gasteiger partial charge on any atom is 0.325 e. The molecule has 3 amide bonds. The molecule has 1 atom stereocenters. The fraction of sp³-hybridized carbons (Fsp3) is 0.579. The molecule has 7 heteroatoms. The number of rotatable bonds is 6. The van der Waals surface area contributed by atoms with Crippen LogP contribution in [0.1, 0.15) is 38.2 Å². The van der Waals surface area contributed by atoms with Crippen molar-refractivity contribution in [3.05, 3.63) is 35.6 Å². The van der Waals surface area contributed by atoms with E-state index in [0.29, 0.717) is 24.3 Å². The minimum Gasteiger partial charge on any atom is -0.389 e. The maximum absolute atomic E-state index is 13.5. The number of aliphatic hydroxyl groups is 1. The Morgan fingerprint density at radius 3 is 2.73 bits per heavy atom. The lowest BCUT2D eigenvalue weighted by molar-refractivity contribution is -0.134. The zero-order chi connectivity index (χ0) is 18.7. The van der Waals surface area contributed by atoms with Gasteiger partial charge in [0.15, 0.2) is 0 Å². The molecule has 1 aromatic carbocycles. The van der Waals surface area contributed by atoms with Crippen LogP contribution in [0.4, 0.5) is 9.18 Å². The fourth-order valence-corrected chi connectivity index (χ4v) is 3.62. The summed E-state index contributed by atoms with van der Waals surface area (Å²) in [5.41, 5.74) is -0.415. The van der Waals surface area contributed by atoms with Crippen LogP contribution in [0.2, 0.25) is 0 Å². The molecule has 1 aliphatic carbocycles. The van der Waals surface area contributed by atoms with Gasteiger partial charge in [0.25, 0.3) is 5.91 Å². The Hall–Kier alpha value is -1.99. The van der Waals surface area contributed by atoms with Crippen LogP contribution in [0, 0.1) is 11.7 Å². The average Bonchev–Trinajstić information content (AvgIpc) is 2.84. The SMILES string of the molecule is CC1CCC2(CC1)NC(=O)N(CC(O)COCc1ccccc1F)C2=O. The predicted octanol–water partition coefficient (Wildman–Crippen LogP) is 2.20. The Morgan fingerprint density at radius 1 is 1.35 bits per heavy atom. The Bertz CT molecular complexity index is 673. The van der Waals surface area contributed by atoms with Crippen LogP contribution in [0.5, 0.6) is 0 Å². The standard InChI is InChI=1S/C19H25FN2O4/c1-13-6-8-19(9-7-13)17(24)22(18(25)21-19)10-15(23)12-26-11-14-4-2-3-5-16(14)20/h2-5,13,15,23H,6-12H2,1H3,(H,21,25). The molecule has 1 aliphatic heterocycles. The lowest BCUT2D eigenvalue weighted by Gasteiger charge is -2.33. The van der Waals surface area contributed by atoms with Crippen molar-refractivity contribution in [3.63, 3.8) is 0 Å². The van der Waals surface area contributed by atoms with Crippen molar-refractivity contribution in [2.75, 3.05) is 13.2 Å². The van der Waals surface area contributed by atoms with E-state index < -0.39 is 17.7 Å². The van der Waals surface area contributed by atoms with Crippen LogP contribution in [-0.4, -0.2) is 46.7 Å². The number of carbonyl (C=O) groups excluding carboxylic acids is 2. The lowest BCUT2D eigenvalue weighted by atomic mass is 9.77. The van der Waals surface area contributed by atoms with E-state index in [4.69, 9.17) is 4.74 Å². The van der Waals surface area contributed by atoms with Crippen molar-refractivity contribution in [2.45, 2.75) is 50.9 Å². The molecular formula is C19H25FN2O4. The molecule has 2 aliphatic rings. The van der Waals surface area contributed by atoms with Crippen LogP contribution in [0.3, 0.4) is 0 Å². The highest BCUT2D eigenvalue weighted by atomic mass is 19.1. The van der Waals surface area contributed by atoms with Gasteiger partial charge in [0.1, 0.15) is 11.4 Å². The minimum absolute atomic E-state index is 0.0195. The predicted molar refractivity (Wildman–Crippen MR) is 92.7 cm³/mol. The van der Waals surface area contributed by atoms with Crippen molar-refractivity contribution >= 4 is 11.9 Å². The van der Waals surface area contributed by atoms with Crippen molar-refractivity contribution in [1.29, 1.82) is 0 Å². The number of imide groups is 1. The van der Waals surface area contributed by atoms with Gasteiger partial charge in [0, 0.05) is 5.56 Å². The summed E-state index contributed by atoms with van der Waals surface area (Å²) < 4.78 is 18.9. The third-order valence-corrected chi connectivity index (χ3v) is 5.29. The first kappa shape index (κ1) is 18.8. The number of aliphatic hydroxyl groups excluding tert-OH is 1. The van der Waals surface area contributed by atoms with E-state index in [2.05, 4.69) is 12.2 Å². The fourth-order valence-electron chi connectivity index (χ4n) is 3.62. The summed E-state index contributed by atoms with van der Waals surface area (Å²) in [7, 11) is 0. The number of nitrogens with one attached hydrogen (secondary N) is 1. The van der Waals surface area contributed by atoms with Gasteiger partial charge in [-0.2, -0.15) is 0 Å². The highest BCUT2D eigenvalue weighted by Crippen LogP contribution is 2.36. The largest absolute Gasteiger partial charge is 0.389 e. The van der Waals surface area contributed by atoms with Crippen molar-refractivity contribution in [2.24, 2.45) is 5.92 Å². The smallest absolute Gasteiger partial charge is 0.325 e. The first-order chi connectivity index (χ1) is 12.4. The molecule has 142 valence electrons. The van der Waals surface area contributed by atoms with Crippen molar-refractivity contribution in [3.8, 4) is 0 Å². The van der Waals surface area contributed by atoms with Gasteiger partial charge in [-0.1, -0.05) is 25.1 Å². The monoisotopic (exact) mass is 364 g/mol. The molecule has 1 aromatic rings. The van der Waals surface area contributed by atoms with Gasteiger partial charge in [-0.25, -0.2) is 9.18 Å². The summed E-state index contributed by atoms with van der Waals surface area (Å²) in [4.78, 5) is 26.0. The summed E-state index contributed by atoms with van der Waals surface area (Å²) in [6, 6.07) is 5.78. The second-order valence-corrected chi connectivity index (χ2v) is 7.37. The highest BCUT2D eigenvalue weighted by molar-refractivity contribution is 6.07. The zero-order valence-electron chi connectivity index (χ0n) is 14.9. The summed E-state index contributed by atoms with van der Waals surface area (Å²) in [6.45, 7) is 1.95. The van der Waals surface area contributed by atoms with E-state index in [9.17, 15) is 19.1 Å². The third kappa shape index (κ3) is 3.88. The molecule has 1 spiro atoms. The molecule has 3 rings (SSSR count). The third-order valence-electron chi connectivity index (χ3n) is 5.29. The number of ether oxygens (including phenoxy) is 1. The van der Waals surface area contributed by atoms with Crippen LogP contribution in [-0.2, 0) is 16.1 Å². The van der Waals surface area contributed by atoms with Crippen LogP contribution in [0.15, 0.2) is 24.3 Å². The zero-order valence-corrected chi connectivity index (χ0v) is 14.9. The average molecular weight is 364 g/mol. The van der Waals surface area contributed by atoms with Gasteiger partial charge >= 0.3 is 6.03 Å². The minimum atomic E-state index is -1.02. The second kappa shape index (κ2) is 7.72. The molecule has 2 N–H and O–H groups in total. The Morgan fingerprint density at radius 2 is 2.04 bits per heavy atom. The first-order valence-corrected chi connectivity index (χ1v) is 9.04. The number of carbonyl (C=O) groups is 2. The van der Waals surface area contributed by atoms with Crippen molar-refractivity contribution in [1.82, 2.24) is 10.2 Å². The number of benzene rings is 1. The number of nitrogens with zero attached hydrogens (tertiary/aromatic N) is 1. The number of β-amino-alcohol motifs (C(OH)–C–C–N with tert-alkyl or cyclic N) is 1. The number of hydrogen-bond acceptors (Lipinski definition) is 4. The van der Waals surface area contributed by atoms with E-state index in [1.54, 1.807) is 18.2 Å². The molecule has 26 heavy (non-hydrogen) atoms. The molecule has 1 saturated heterocycles. The molecule has 0 radical (unpaired) electrons. The topological polar surface area (TPSA) is 78.9 Å². The number of amides is 3. The number of hydrogen-bond donors (Lipinski definition) is 2. The van der Waals surface area contributed by atoms with Gasteiger partial charge in [-0.05, 0) is 37.7 Å². The summed E-state index contributed by atoms with van der Waals surface area (Å²) in [5, 5.41) is 12.9. The number of halogens is 1. The molecule has 1 saturated carbocycles. The summed E-state index contributed by atoms with van der Waals surface area (Å²) in [5.74, 6) is -0.0798. The number of urea groups is 1. The Balaban J connectivity index is 1.51. The summed E-state index contributed by atoms with van der Waals surface area (Å²) in [6.07, 6.45) is 2.04. The molecule has 6 nitrogen and oxygen atoms in total. The van der Waals surface area contributed by atoms with Crippen molar-refractivity contribution < 1.29 is 23.8 Å². The quantitative estimate of drug-likeness (QED) is 0.759. The molecule has 1 unspecified atom stereocenters. The molecule has 2 fully saturated rings. The van der Waals surface area contributed by atoms with Crippen LogP contribution < -0.4 is 5.32 Å². The van der Waals surface area contributed by atoms with Gasteiger partial charge in [-0.15, -0.1) is 0 Å². The van der Waals surface area contributed by atoms with E-state index in [0.717, 1.165) is 17.7 Å². The van der Waals surface area contributed by atoms with Gasteiger partial charge in [0.2, 0.25) is 0 Å². The van der Waals surface area contributed by atoms with Gasteiger partial charge in [-0.3, -0.25) is 9.69 Å². The van der Waals surface area contributed by atoms with E-state index in [1.165, 1.54) is 6.07 Å². The molecule has 0 aromatic heterocycles. The van der Waals surface area contributed by atoms with Crippen LogP contribution >= 0.6 is 0 Å². The van der Waals surface area contributed by atoms with E-state index in [-0.39, 0.29) is 31.5 Å². The van der Waals surface area contributed by atoms with Gasteiger partial charge in [0.05, 0.1) is 25.9 Å².